The highest BCUT2D eigenvalue weighted by molar-refractivity contribution is 8.19. The number of ether oxygens (including phenoxy) is 1. The monoisotopic (exact) mass is 518 g/mol. The molecule has 1 aliphatic heterocycles. The van der Waals surface area contributed by atoms with Crippen LogP contribution in [0.4, 0.5) is 11.4 Å². The summed E-state index contributed by atoms with van der Waals surface area (Å²) in [5.41, 5.74) is 7.96. The maximum atomic E-state index is 13.9. The van der Waals surface area contributed by atoms with E-state index in [1.807, 2.05) is 93.6 Å². The number of thioether (sulfide) groups is 1. The summed E-state index contributed by atoms with van der Waals surface area (Å²) in [7, 11) is 0. The van der Waals surface area contributed by atoms with Gasteiger partial charge in [0.15, 0.2) is 5.17 Å². The predicted molar refractivity (Wildman–Crippen MR) is 159 cm³/mol. The minimum absolute atomic E-state index is 0.0920. The van der Waals surface area contributed by atoms with Crippen LogP contribution in [0.2, 0.25) is 0 Å². The van der Waals surface area contributed by atoms with E-state index < -0.39 is 0 Å². The van der Waals surface area contributed by atoms with Crippen molar-refractivity contribution in [3.05, 3.63) is 129 Å². The number of nitrogens with zero attached hydrogens (tertiary/aromatic N) is 2. The van der Waals surface area contributed by atoms with Gasteiger partial charge in [0, 0.05) is 5.56 Å². The van der Waals surface area contributed by atoms with Crippen molar-refractivity contribution in [2.45, 2.75) is 34.3 Å². The van der Waals surface area contributed by atoms with Crippen LogP contribution in [0.5, 0.6) is 5.75 Å². The molecule has 1 aliphatic rings. The van der Waals surface area contributed by atoms with E-state index in [-0.39, 0.29) is 5.91 Å². The molecular weight excluding hydrogens is 488 g/mol. The van der Waals surface area contributed by atoms with Crippen molar-refractivity contribution in [3.8, 4) is 5.75 Å². The number of amidine groups is 1. The van der Waals surface area contributed by atoms with Crippen molar-refractivity contribution in [2.24, 2.45) is 4.99 Å². The van der Waals surface area contributed by atoms with E-state index in [4.69, 9.17) is 9.73 Å². The lowest BCUT2D eigenvalue weighted by atomic mass is 10.1. The van der Waals surface area contributed by atoms with E-state index in [2.05, 4.69) is 31.2 Å². The van der Waals surface area contributed by atoms with Gasteiger partial charge in [0.2, 0.25) is 0 Å². The molecule has 5 heteroatoms. The van der Waals surface area contributed by atoms with Crippen LogP contribution in [-0.4, -0.2) is 11.1 Å². The SMILES string of the molecule is Cc1ccc(C)c(N=C2SC(=Cc3ccccc3OCc3ccccc3)C(=O)N2c2cc(C)ccc2C)c1. The molecule has 1 amide bonds. The smallest absolute Gasteiger partial charge is 0.271 e. The van der Waals surface area contributed by atoms with E-state index in [1.165, 1.54) is 11.8 Å². The zero-order chi connectivity index (χ0) is 26.6. The fraction of sp³-hybridized carbons (Fsp3) is 0.152. The van der Waals surface area contributed by atoms with Crippen LogP contribution in [0, 0.1) is 27.7 Å². The summed E-state index contributed by atoms with van der Waals surface area (Å²) in [5.74, 6) is 0.640. The van der Waals surface area contributed by atoms with Gasteiger partial charge in [-0.15, -0.1) is 0 Å². The standard InChI is InChI=1S/C33H30N2O2S/c1-22-14-16-24(3)28(18-22)34-33-35(29-19-23(2)15-17-25(29)4)32(36)31(38-33)20-27-12-8-9-13-30(27)37-21-26-10-6-5-7-11-26/h5-20H,21H2,1-4H3. The molecule has 0 aliphatic carbocycles. The Morgan fingerprint density at radius 3 is 2.29 bits per heavy atom. The van der Waals surface area contributed by atoms with Crippen LogP contribution in [0.25, 0.3) is 6.08 Å². The largest absolute Gasteiger partial charge is 0.488 e. The third-order valence-corrected chi connectivity index (χ3v) is 7.40. The molecule has 0 bridgehead atoms. The van der Waals surface area contributed by atoms with Gasteiger partial charge >= 0.3 is 0 Å². The zero-order valence-corrected chi connectivity index (χ0v) is 22.9. The van der Waals surface area contributed by atoms with Gasteiger partial charge in [-0.3, -0.25) is 9.69 Å². The van der Waals surface area contributed by atoms with E-state index in [9.17, 15) is 4.79 Å². The molecule has 0 atom stereocenters. The first kappa shape index (κ1) is 25.6. The summed E-state index contributed by atoms with van der Waals surface area (Å²) in [5, 5.41) is 0.645. The van der Waals surface area contributed by atoms with Crippen molar-refractivity contribution < 1.29 is 9.53 Å². The molecule has 1 heterocycles. The third kappa shape index (κ3) is 5.58. The Hall–Kier alpha value is -4.09. The summed E-state index contributed by atoms with van der Waals surface area (Å²) in [6, 6.07) is 30.2. The second-order valence-corrected chi connectivity index (χ2v) is 10.5. The number of amides is 1. The van der Waals surface area contributed by atoms with Crippen LogP contribution in [0.3, 0.4) is 0 Å². The van der Waals surface area contributed by atoms with Gasteiger partial charge in [0.1, 0.15) is 12.4 Å². The number of rotatable bonds is 6. The van der Waals surface area contributed by atoms with Crippen LogP contribution in [0.15, 0.2) is 101 Å². The first-order valence-corrected chi connectivity index (χ1v) is 13.4. The van der Waals surface area contributed by atoms with Gasteiger partial charge in [-0.2, -0.15) is 0 Å². The zero-order valence-electron chi connectivity index (χ0n) is 22.1. The molecule has 0 radical (unpaired) electrons. The third-order valence-electron chi connectivity index (χ3n) is 6.44. The number of anilines is 1. The highest BCUT2D eigenvalue weighted by Crippen LogP contribution is 2.40. The van der Waals surface area contributed by atoms with Crippen molar-refractivity contribution in [2.75, 3.05) is 4.90 Å². The van der Waals surface area contributed by atoms with Gasteiger partial charge < -0.3 is 4.74 Å². The number of para-hydroxylation sites is 1. The number of hydrogen-bond acceptors (Lipinski definition) is 4. The summed E-state index contributed by atoms with van der Waals surface area (Å²) in [6.07, 6.45) is 1.91. The van der Waals surface area contributed by atoms with Crippen molar-refractivity contribution in [3.63, 3.8) is 0 Å². The summed E-state index contributed by atoms with van der Waals surface area (Å²) >= 11 is 1.40. The Morgan fingerprint density at radius 1 is 0.816 bits per heavy atom. The second kappa shape index (κ2) is 11.1. The summed E-state index contributed by atoms with van der Waals surface area (Å²) in [4.78, 5) is 21.3. The number of hydrogen-bond donors (Lipinski definition) is 0. The molecule has 0 saturated carbocycles. The first-order chi connectivity index (χ1) is 18.4. The molecule has 1 saturated heterocycles. The topological polar surface area (TPSA) is 41.9 Å². The average Bonchev–Trinajstić information content (AvgIpc) is 3.21. The Labute approximate surface area is 228 Å². The number of carbonyl (C=O) groups excluding carboxylic acids is 1. The number of benzene rings is 4. The molecule has 4 nitrogen and oxygen atoms in total. The van der Waals surface area contributed by atoms with Gasteiger partial charge in [-0.05, 0) is 91.5 Å². The maximum absolute atomic E-state index is 13.9. The van der Waals surface area contributed by atoms with Crippen LogP contribution < -0.4 is 9.64 Å². The van der Waals surface area contributed by atoms with Crippen molar-refractivity contribution in [1.29, 1.82) is 0 Å². The van der Waals surface area contributed by atoms with E-state index in [0.29, 0.717) is 16.7 Å². The lowest BCUT2D eigenvalue weighted by Gasteiger charge is -2.19. The van der Waals surface area contributed by atoms with E-state index >= 15 is 0 Å². The fourth-order valence-corrected chi connectivity index (χ4v) is 5.25. The highest BCUT2D eigenvalue weighted by Gasteiger charge is 2.36. The number of aliphatic imine (C=N–C) groups is 1. The minimum Gasteiger partial charge on any atom is -0.488 e. The normalized spacial score (nSPS) is 15.5. The lowest BCUT2D eigenvalue weighted by molar-refractivity contribution is -0.113. The molecule has 0 unspecified atom stereocenters. The van der Waals surface area contributed by atoms with E-state index in [1.54, 1.807) is 4.90 Å². The first-order valence-electron chi connectivity index (χ1n) is 12.6. The van der Waals surface area contributed by atoms with Crippen LogP contribution in [-0.2, 0) is 11.4 Å². The lowest BCUT2D eigenvalue weighted by Crippen LogP contribution is -2.29. The molecule has 190 valence electrons. The summed E-state index contributed by atoms with van der Waals surface area (Å²) < 4.78 is 6.16. The molecule has 0 spiro atoms. The maximum Gasteiger partial charge on any atom is 0.271 e. The van der Waals surface area contributed by atoms with Crippen molar-refractivity contribution in [1.82, 2.24) is 0 Å². The number of carbonyl (C=O) groups is 1. The summed E-state index contributed by atoms with van der Waals surface area (Å²) in [6.45, 7) is 8.61. The van der Waals surface area contributed by atoms with Gasteiger partial charge in [-0.25, -0.2) is 4.99 Å². The Bertz CT molecular complexity index is 1560. The molecule has 4 aromatic carbocycles. The second-order valence-electron chi connectivity index (χ2n) is 9.54. The van der Waals surface area contributed by atoms with Crippen LogP contribution >= 0.6 is 11.8 Å². The van der Waals surface area contributed by atoms with Crippen LogP contribution in [0.1, 0.15) is 33.4 Å². The highest BCUT2D eigenvalue weighted by atomic mass is 32.2. The molecule has 38 heavy (non-hydrogen) atoms. The Morgan fingerprint density at radius 2 is 1.50 bits per heavy atom. The molecule has 4 aromatic rings. The predicted octanol–water partition coefficient (Wildman–Crippen LogP) is 8.31. The molecule has 0 aromatic heterocycles. The number of aryl methyl sites for hydroxylation is 4. The molecule has 0 N–H and O–H groups in total. The molecular formula is C33H30N2O2S. The molecule has 1 fully saturated rings. The molecule has 5 rings (SSSR count). The average molecular weight is 519 g/mol. The van der Waals surface area contributed by atoms with Gasteiger partial charge in [0.25, 0.3) is 5.91 Å². The van der Waals surface area contributed by atoms with E-state index in [0.717, 1.165) is 50.5 Å². The fourth-order valence-electron chi connectivity index (χ4n) is 4.27. The van der Waals surface area contributed by atoms with Gasteiger partial charge in [-0.1, -0.05) is 72.8 Å². The Kier molecular flexibility index (Phi) is 7.47. The quantitative estimate of drug-likeness (QED) is 0.241. The Balaban J connectivity index is 1.55. The minimum atomic E-state index is -0.0920. The van der Waals surface area contributed by atoms with Gasteiger partial charge in [0.05, 0.1) is 16.3 Å². The van der Waals surface area contributed by atoms with Crippen molar-refractivity contribution >= 4 is 40.3 Å².